The van der Waals surface area contributed by atoms with E-state index in [1.54, 1.807) is 0 Å². The molecule has 20 heavy (non-hydrogen) atoms. The summed E-state index contributed by atoms with van der Waals surface area (Å²) in [6.45, 7) is 10.6. The Morgan fingerprint density at radius 2 is 2.10 bits per heavy atom. The van der Waals surface area contributed by atoms with Crippen molar-refractivity contribution in [2.75, 3.05) is 6.61 Å². The van der Waals surface area contributed by atoms with Crippen LogP contribution in [-0.4, -0.2) is 18.9 Å². The zero-order valence-corrected chi connectivity index (χ0v) is 13.4. The standard InChI is InChI=1S/C17H28O3/c1-6-16(3,4)14(18)20-15(19-7-2)17(5)11-12-8-9-13(17)10-12/h8-9,12-13,15H,6-7,10-11H2,1-5H3. The van der Waals surface area contributed by atoms with Gasteiger partial charge in [-0.05, 0) is 51.9 Å². The van der Waals surface area contributed by atoms with Gasteiger partial charge in [-0.25, -0.2) is 0 Å². The molecule has 3 nitrogen and oxygen atoms in total. The minimum absolute atomic E-state index is 0.0745. The van der Waals surface area contributed by atoms with Crippen LogP contribution >= 0.6 is 0 Å². The van der Waals surface area contributed by atoms with E-state index >= 15 is 0 Å². The molecule has 2 aliphatic carbocycles. The van der Waals surface area contributed by atoms with E-state index in [4.69, 9.17) is 9.47 Å². The third-order valence-electron chi connectivity index (χ3n) is 5.23. The molecule has 0 saturated heterocycles. The summed E-state index contributed by atoms with van der Waals surface area (Å²) in [5.41, 5.74) is -0.520. The number of carbonyl (C=O) groups excluding carboxylic acids is 1. The summed E-state index contributed by atoms with van der Waals surface area (Å²) in [5, 5.41) is 0. The lowest BCUT2D eigenvalue weighted by atomic mass is 9.76. The zero-order valence-electron chi connectivity index (χ0n) is 13.4. The normalized spacial score (nSPS) is 33.5. The van der Waals surface area contributed by atoms with Crippen molar-refractivity contribution in [2.24, 2.45) is 22.7 Å². The maximum atomic E-state index is 12.4. The van der Waals surface area contributed by atoms with Gasteiger partial charge in [-0.3, -0.25) is 4.79 Å². The Morgan fingerprint density at radius 3 is 2.55 bits per heavy atom. The van der Waals surface area contributed by atoms with E-state index in [9.17, 15) is 4.79 Å². The highest BCUT2D eigenvalue weighted by Gasteiger charge is 2.52. The Hall–Kier alpha value is -0.830. The predicted octanol–water partition coefficient (Wildman–Crippen LogP) is 3.93. The van der Waals surface area contributed by atoms with Crippen LogP contribution in [0, 0.1) is 22.7 Å². The van der Waals surface area contributed by atoms with E-state index < -0.39 is 11.7 Å². The summed E-state index contributed by atoms with van der Waals surface area (Å²) in [5.74, 6) is 0.957. The fourth-order valence-electron chi connectivity index (χ4n) is 3.31. The number of fused-ring (bicyclic) bond motifs is 2. The van der Waals surface area contributed by atoms with Crippen molar-refractivity contribution in [2.45, 2.75) is 60.2 Å². The van der Waals surface area contributed by atoms with Crippen molar-refractivity contribution in [3.63, 3.8) is 0 Å². The van der Waals surface area contributed by atoms with Crippen LogP contribution < -0.4 is 0 Å². The van der Waals surface area contributed by atoms with Crippen LogP contribution in [0.4, 0.5) is 0 Å². The molecule has 0 amide bonds. The molecular weight excluding hydrogens is 252 g/mol. The summed E-state index contributed by atoms with van der Waals surface area (Å²) in [7, 11) is 0. The zero-order chi connectivity index (χ0) is 15.0. The van der Waals surface area contributed by atoms with Crippen LogP contribution in [0.2, 0.25) is 0 Å². The van der Waals surface area contributed by atoms with E-state index in [1.165, 1.54) is 6.42 Å². The van der Waals surface area contributed by atoms with Gasteiger partial charge in [-0.2, -0.15) is 0 Å². The van der Waals surface area contributed by atoms with E-state index in [1.807, 2.05) is 27.7 Å². The monoisotopic (exact) mass is 280 g/mol. The van der Waals surface area contributed by atoms with Gasteiger partial charge in [0, 0.05) is 12.0 Å². The highest BCUT2D eigenvalue weighted by molar-refractivity contribution is 5.76. The van der Waals surface area contributed by atoms with Crippen molar-refractivity contribution in [3.8, 4) is 0 Å². The molecule has 3 heteroatoms. The van der Waals surface area contributed by atoms with Crippen LogP contribution in [0.1, 0.15) is 53.9 Å². The largest absolute Gasteiger partial charge is 0.435 e. The molecule has 0 aromatic rings. The van der Waals surface area contributed by atoms with Crippen LogP contribution in [0.5, 0.6) is 0 Å². The molecule has 0 spiro atoms. The molecule has 0 heterocycles. The van der Waals surface area contributed by atoms with Gasteiger partial charge in [0.15, 0.2) is 0 Å². The van der Waals surface area contributed by atoms with Crippen LogP contribution in [0.25, 0.3) is 0 Å². The van der Waals surface area contributed by atoms with Gasteiger partial charge in [0.05, 0.1) is 5.41 Å². The van der Waals surface area contributed by atoms with Gasteiger partial charge in [0.1, 0.15) is 0 Å². The summed E-state index contributed by atoms with van der Waals surface area (Å²) in [6, 6.07) is 0. The number of rotatable bonds is 6. The summed E-state index contributed by atoms with van der Waals surface area (Å²) >= 11 is 0. The van der Waals surface area contributed by atoms with E-state index in [0.29, 0.717) is 18.4 Å². The van der Waals surface area contributed by atoms with E-state index in [2.05, 4.69) is 19.1 Å². The van der Waals surface area contributed by atoms with Crippen LogP contribution in [0.3, 0.4) is 0 Å². The highest BCUT2D eigenvalue weighted by atomic mass is 16.7. The minimum Gasteiger partial charge on any atom is -0.435 e. The second kappa shape index (κ2) is 5.51. The van der Waals surface area contributed by atoms with Crippen molar-refractivity contribution < 1.29 is 14.3 Å². The topological polar surface area (TPSA) is 35.5 Å². The first-order chi connectivity index (χ1) is 9.33. The molecule has 1 fully saturated rings. The number of allylic oxidation sites excluding steroid dienone is 2. The second-order valence-corrected chi connectivity index (χ2v) is 7.13. The van der Waals surface area contributed by atoms with Crippen molar-refractivity contribution >= 4 is 5.97 Å². The third kappa shape index (κ3) is 2.65. The quantitative estimate of drug-likeness (QED) is 0.420. The molecule has 0 N–H and O–H groups in total. The first-order valence-electron chi connectivity index (χ1n) is 7.84. The maximum Gasteiger partial charge on any atom is 0.313 e. The summed E-state index contributed by atoms with van der Waals surface area (Å²) in [6.07, 6.45) is 7.15. The van der Waals surface area contributed by atoms with Crippen molar-refractivity contribution in [1.29, 1.82) is 0 Å². The van der Waals surface area contributed by atoms with Gasteiger partial charge in [-0.15, -0.1) is 0 Å². The lowest BCUT2D eigenvalue weighted by Gasteiger charge is -2.39. The predicted molar refractivity (Wildman–Crippen MR) is 79.0 cm³/mol. The molecule has 2 bridgehead atoms. The van der Waals surface area contributed by atoms with Gasteiger partial charge < -0.3 is 9.47 Å². The molecule has 0 radical (unpaired) electrons. The maximum absolute atomic E-state index is 12.4. The first-order valence-corrected chi connectivity index (χ1v) is 7.84. The van der Waals surface area contributed by atoms with Gasteiger partial charge in [-0.1, -0.05) is 26.0 Å². The molecule has 1 saturated carbocycles. The molecule has 0 aromatic heterocycles. The number of carbonyl (C=O) groups is 1. The number of hydrogen-bond acceptors (Lipinski definition) is 3. The fraction of sp³-hybridized carbons (Fsp3) is 0.824. The number of hydrogen-bond donors (Lipinski definition) is 0. The highest BCUT2D eigenvalue weighted by Crippen LogP contribution is 2.54. The van der Waals surface area contributed by atoms with Gasteiger partial charge in [0.25, 0.3) is 0 Å². The summed E-state index contributed by atoms with van der Waals surface area (Å²) < 4.78 is 11.6. The third-order valence-corrected chi connectivity index (χ3v) is 5.23. The SMILES string of the molecule is CCOC(OC(=O)C(C)(C)CC)C1(C)CC2C=CC1C2. The average molecular weight is 280 g/mol. The molecule has 2 aliphatic rings. The molecular formula is C17H28O3. The van der Waals surface area contributed by atoms with Gasteiger partial charge >= 0.3 is 5.97 Å². The smallest absolute Gasteiger partial charge is 0.313 e. The second-order valence-electron chi connectivity index (χ2n) is 7.13. The molecule has 114 valence electrons. The minimum atomic E-state index is -0.445. The Labute approximate surface area is 122 Å². The lowest BCUT2D eigenvalue weighted by Crippen LogP contribution is -2.43. The van der Waals surface area contributed by atoms with Crippen molar-refractivity contribution in [1.82, 2.24) is 0 Å². The molecule has 0 aromatic carbocycles. The molecule has 4 unspecified atom stereocenters. The Bertz CT molecular complexity index is 399. The number of ether oxygens (including phenoxy) is 2. The summed E-state index contributed by atoms with van der Waals surface area (Å²) in [4.78, 5) is 12.4. The van der Waals surface area contributed by atoms with Crippen molar-refractivity contribution in [3.05, 3.63) is 12.2 Å². The average Bonchev–Trinajstić information content (AvgIpc) is 2.98. The Morgan fingerprint density at radius 1 is 1.40 bits per heavy atom. The fourth-order valence-corrected chi connectivity index (χ4v) is 3.31. The van der Waals surface area contributed by atoms with Crippen LogP contribution in [-0.2, 0) is 14.3 Å². The first kappa shape index (κ1) is 15.6. The Kier molecular flexibility index (Phi) is 4.29. The molecule has 0 aliphatic heterocycles. The molecule has 4 atom stereocenters. The van der Waals surface area contributed by atoms with E-state index in [-0.39, 0.29) is 11.4 Å². The van der Waals surface area contributed by atoms with E-state index in [0.717, 1.165) is 12.8 Å². The Balaban J connectivity index is 2.12. The lowest BCUT2D eigenvalue weighted by molar-refractivity contribution is -0.220. The molecule has 2 rings (SSSR count). The van der Waals surface area contributed by atoms with Crippen LogP contribution in [0.15, 0.2) is 12.2 Å². The van der Waals surface area contributed by atoms with Gasteiger partial charge in [0.2, 0.25) is 6.29 Å². The number of esters is 1.